The van der Waals surface area contributed by atoms with E-state index in [0.717, 1.165) is 0 Å². The summed E-state index contributed by atoms with van der Waals surface area (Å²) in [4.78, 5) is 0. The second kappa shape index (κ2) is 9.15. The number of rotatable bonds is 8. The standard InChI is InChI=1S/C12H25NO10/c13-4(1-14)7(17)8(18)5(16)3-22-12-11(21)10(20)9(19)6(2-15)23-12/h4-12,14-21H,1-3,13H2/t4-,5+,6+,7-,8-,9+,10-,11+,12?/m0/s1. The molecule has 0 aromatic carbocycles. The Hall–Kier alpha value is -0.440. The molecular formula is C12H25NO10. The molecule has 1 rings (SSSR count). The predicted molar refractivity (Wildman–Crippen MR) is 72.8 cm³/mol. The molecule has 1 fully saturated rings. The molecule has 0 bridgehead atoms. The Balaban J connectivity index is 2.55. The van der Waals surface area contributed by atoms with Crippen LogP contribution in [0.1, 0.15) is 0 Å². The van der Waals surface area contributed by atoms with Crippen molar-refractivity contribution in [3.05, 3.63) is 0 Å². The van der Waals surface area contributed by atoms with E-state index in [1.807, 2.05) is 0 Å². The lowest BCUT2D eigenvalue weighted by Crippen LogP contribution is -2.59. The molecule has 10 N–H and O–H groups in total. The van der Waals surface area contributed by atoms with Crippen LogP contribution < -0.4 is 5.73 Å². The van der Waals surface area contributed by atoms with Gasteiger partial charge in [-0.25, -0.2) is 0 Å². The second-order valence-corrected chi connectivity index (χ2v) is 5.43. The molecule has 11 nitrogen and oxygen atoms in total. The third kappa shape index (κ3) is 5.01. The highest BCUT2D eigenvalue weighted by atomic mass is 16.7. The average molecular weight is 343 g/mol. The first-order valence-electron chi connectivity index (χ1n) is 7.07. The number of aliphatic hydroxyl groups is 8. The zero-order valence-electron chi connectivity index (χ0n) is 12.3. The Labute approximate surface area is 132 Å². The zero-order valence-corrected chi connectivity index (χ0v) is 12.3. The maximum absolute atomic E-state index is 9.72. The molecular weight excluding hydrogens is 318 g/mol. The van der Waals surface area contributed by atoms with Crippen LogP contribution in [0.3, 0.4) is 0 Å². The summed E-state index contributed by atoms with van der Waals surface area (Å²) in [5.74, 6) is 0. The number of aliphatic hydroxyl groups excluding tert-OH is 8. The molecule has 1 saturated heterocycles. The summed E-state index contributed by atoms with van der Waals surface area (Å²) >= 11 is 0. The molecule has 1 aliphatic heterocycles. The molecule has 138 valence electrons. The lowest BCUT2D eigenvalue weighted by Gasteiger charge is -2.40. The Morgan fingerprint density at radius 1 is 0.957 bits per heavy atom. The highest BCUT2D eigenvalue weighted by Gasteiger charge is 2.44. The first kappa shape index (κ1) is 20.6. The summed E-state index contributed by atoms with van der Waals surface area (Å²) < 4.78 is 10.1. The fourth-order valence-corrected chi connectivity index (χ4v) is 2.09. The summed E-state index contributed by atoms with van der Waals surface area (Å²) in [6, 6.07) is -1.17. The minimum Gasteiger partial charge on any atom is -0.395 e. The van der Waals surface area contributed by atoms with Crippen molar-refractivity contribution < 1.29 is 50.3 Å². The molecule has 0 aliphatic carbocycles. The van der Waals surface area contributed by atoms with Crippen molar-refractivity contribution >= 4 is 0 Å². The smallest absolute Gasteiger partial charge is 0.186 e. The summed E-state index contributed by atoms with van der Waals surface area (Å²) in [5, 5.41) is 75.6. The molecule has 1 aliphatic rings. The summed E-state index contributed by atoms with van der Waals surface area (Å²) in [6.45, 7) is -1.86. The van der Waals surface area contributed by atoms with E-state index in [0.29, 0.717) is 0 Å². The lowest BCUT2D eigenvalue weighted by atomic mass is 9.99. The van der Waals surface area contributed by atoms with Gasteiger partial charge < -0.3 is 56.1 Å². The van der Waals surface area contributed by atoms with Gasteiger partial charge >= 0.3 is 0 Å². The maximum atomic E-state index is 9.72. The first-order valence-corrected chi connectivity index (χ1v) is 7.07. The molecule has 0 amide bonds. The Bertz CT molecular complexity index is 346. The maximum Gasteiger partial charge on any atom is 0.186 e. The topological polar surface area (TPSA) is 206 Å². The molecule has 0 saturated carbocycles. The van der Waals surface area contributed by atoms with Gasteiger partial charge in [-0.3, -0.25) is 0 Å². The molecule has 9 atom stereocenters. The zero-order chi connectivity index (χ0) is 17.7. The van der Waals surface area contributed by atoms with E-state index in [-0.39, 0.29) is 0 Å². The van der Waals surface area contributed by atoms with Crippen LogP contribution in [0.4, 0.5) is 0 Å². The highest BCUT2D eigenvalue weighted by Crippen LogP contribution is 2.22. The molecule has 0 radical (unpaired) electrons. The van der Waals surface area contributed by atoms with Gasteiger partial charge in [0.05, 0.1) is 32.0 Å². The van der Waals surface area contributed by atoms with E-state index in [1.165, 1.54) is 0 Å². The van der Waals surface area contributed by atoms with Gasteiger partial charge in [0.25, 0.3) is 0 Å². The summed E-state index contributed by atoms with van der Waals surface area (Å²) in [5.41, 5.74) is 5.32. The molecule has 0 spiro atoms. The van der Waals surface area contributed by atoms with Gasteiger partial charge in [-0.15, -0.1) is 0 Å². The molecule has 0 aromatic heterocycles. The van der Waals surface area contributed by atoms with Crippen LogP contribution in [0.15, 0.2) is 0 Å². The number of hydrogen-bond donors (Lipinski definition) is 9. The van der Waals surface area contributed by atoms with Gasteiger partial charge in [0.2, 0.25) is 0 Å². The van der Waals surface area contributed by atoms with Crippen LogP contribution in [0.25, 0.3) is 0 Å². The normalized spacial score (nSPS) is 37.2. The van der Waals surface area contributed by atoms with E-state index in [9.17, 15) is 30.6 Å². The minimum atomic E-state index is -1.73. The van der Waals surface area contributed by atoms with Crippen molar-refractivity contribution in [2.45, 2.75) is 55.1 Å². The van der Waals surface area contributed by atoms with Gasteiger partial charge in [-0.2, -0.15) is 0 Å². The van der Waals surface area contributed by atoms with E-state index in [2.05, 4.69) is 0 Å². The van der Waals surface area contributed by atoms with Crippen molar-refractivity contribution in [2.75, 3.05) is 19.8 Å². The third-order valence-electron chi connectivity index (χ3n) is 3.67. The molecule has 11 heteroatoms. The fourth-order valence-electron chi connectivity index (χ4n) is 2.09. The van der Waals surface area contributed by atoms with E-state index < -0.39 is 74.9 Å². The monoisotopic (exact) mass is 343 g/mol. The van der Waals surface area contributed by atoms with E-state index >= 15 is 0 Å². The predicted octanol–water partition coefficient (Wildman–Crippen LogP) is -5.79. The van der Waals surface area contributed by atoms with Gasteiger partial charge in [0, 0.05) is 0 Å². The van der Waals surface area contributed by atoms with Crippen molar-refractivity contribution in [2.24, 2.45) is 5.73 Å². The van der Waals surface area contributed by atoms with Crippen LogP contribution in [0.2, 0.25) is 0 Å². The second-order valence-electron chi connectivity index (χ2n) is 5.43. The quantitative estimate of drug-likeness (QED) is 0.203. The minimum absolute atomic E-state index is 0.612. The third-order valence-corrected chi connectivity index (χ3v) is 3.67. The van der Waals surface area contributed by atoms with Crippen molar-refractivity contribution in [1.29, 1.82) is 0 Å². The SMILES string of the molecule is N[C@@H](CO)[C@H](O)[C@@H](O)[C@H](O)COC1O[C@H](CO)[C@@H](O)[C@H](O)[C@H]1O. The van der Waals surface area contributed by atoms with Gasteiger partial charge in [0.15, 0.2) is 6.29 Å². The fraction of sp³-hybridized carbons (Fsp3) is 1.00. The van der Waals surface area contributed by atoms with Crippen LogP contribution in [0, 0.1) is 0 Å². The van der Waals surface area contributed by atoms with Crippen LogP contribution in [-0.2, 0) is 9.47 Å². The lowest BCUT2D eigenvalue weighted by molar-refractivity contribution is -0.306. The largest absolute Gasteiger partial charge is 0.395 e. The number of hydrogen-bond acceptors (Lipinski definition) is 11. The van der Waals surface area contributed by atoms with Crippen molar-refractivity contribution in [3.63, 3.8) is 0 Å². The average Bonchev–Trinajstić information content (AvgIpc) is 2.56. The van der Waals surface area contributed by atoms with Gasteiger partial charge in [-0.05, 0) is 0 Å². The van der Waals surface area contributed by atoms with Gasteiger partial charge in [-0.1, -0.05) is 0 Å². The Morgan fingerprint density at radius 3 is 2.09 bits per heavy atom. The van der Waals surface area contributed by atoms with Crippen LogP contribution >= 0.6 is 0 Å². The van der Waals surface area contributed by atoms with Crippen molar-refractivity contribution in [1.82, 2.24) is 0 Å². The Morgan fingerprint density at radius 2 is 1.57 bits per heavy atom. The highest BCUT2D eigenvalue weighted by molar-refractivity contribution is 4.89. The summed E-state index contributed by atoms with van der Waals surface area (Å²) in [7, 11) is 0. The first-order chi connectivity index (χ1) is 10.7. The Kier molecular flexibility index (Phi) is 8.20. The van der Waals surface area contributed by atoms with E-state index in [1.54, 1.807) is 0 Å². The van der Waals surface area contributed by atoms with Gasteiger partial charge in [0.1, 0.15) is 36.6 Å². The van der Waals surface area contributed by atoms with Crippen LogP contribution in [-0.4, -0.2) is 116 Å². The molecule has 0 aromatic rings. The van der Waals surface area contributed by atoms with Crippen molar-refractivity contribution in [3.8, 4) is 0 Å². The van der Waals surface area contributed by atoms with Crippen LogP contribution in [0.5, 0.6) is 0 Å². The molecule has 1 unspecified atom stereocenters. The molecule has 23 heavy (non-hydrogen) atoms. The summed E-state index contributed by atoms with van der Waals surface area (Å²) in [6.07, 6.45) is -12.5. The number of ether oxygens (including phenoxy) is 2. The molecule has 1 heterocycles. The number of nitrogens with two attached hydrogens (primary N) is 1. The van der Waals surface area contributed by atoms with E-state index in [4.69, 9.17) is 25.4 Å².